The molecule has 1 saturated heterocycles. The highest BCUT2D eigenvalue weighted by Gasteiger charge is 2.19. The molecule has 136 valence electrons. The van der Waals surface area contributed by atoms with E-state index in [-0.39, 0.29) is 0 Å². The molecular weight excluding hydrogens is 310 g/mol. The van der Waals surface area contributed by atoms with Crippen molar-refractivity contribution in [1.82, 2.24) is 25.0 Å². The third-order valence-electron chi connectivity index (χ3n) is 5.04. The van der Waals surface area contributed by atoms with Gasteiger partial charge in [0.25, 0.3) is 0 Å². The summed E-state index contributed by atoms with van der Waals surface area (Å²) < 4.78 is 2.14. The van der Waals surface area contributed by atoms with E-state index in [0.717, 1.165) is 38.4 Å². The number of hydrogen-bond acceptors (Lipinski definition) is 4. The molecule has 2 aromatic heterocycles. The van der Waals surface area contributed by atoms with Crippen LogP contribution in [-0.2, 0) is 13.1 Å². The second-order valence-electron chi connectivity index (χ2n) is 7.49. The summed E-state index contributed by atoms with van der Waals surface area (Å²) in [4.78, 5) is 6.95. The Morgan fingerprint density at radius 3 is 2.68 bits per heavy atom. The molecule has 1 aliphatic rings. The Morgan fingerprint density at radius 2 is 2.04 bits per heavy atom. The normalized spacial score (nSPS) is 17.7. The minimum atomic E-state index is 0.588. The van der Waals surface area contributed by atoms with Crippen molar-refractivity contribution < 1.29 is 0 Å². The maximum atomic E-state index is 4.57. The number of rotatable bonds is 7. The molecule has 0 unspecified atom stereocenters. The van der Waals surface area contributed by atoms with Gasteiger partial charge in [-0.3, -0.25) is 14.6 Å². The van der Waals surface area contributed by atoms with Gasteiger partial charge >= 0.3 is 0 Å². The second-order valence-corrected chi connectivity index (χ2v) is 7.49. The Labute approximate surface area is 151 Å². The third kappa shape index (κ3) is 5.38. The first-order valence-electron chi connectivity index (χ1n) is 9.47. The van der Waals surface area contributed by atoms with E-state index in [1.54, 1.807) is 0 Å². The lowest BCUT2D eigenvalue weighted by atomic mass is 10.0. The van der Waals surface area contributed by atoms with Crippen LogP contribution in [0.25, 0.3) is 0 Å². The first kappa shape index (κ1) is 18.1. The minimum absolute atomic E-state index is 0.588. The van der Waals surface area contributed by atoms with Crippen molar-refractivity contribution in [3.63, 3.8) is 0 Å². The lowest BCUT2D eigenvalue weighted by Gasteiger charge is -2.32. The van der Waals surface area contributed by atoms with Crippen LogP contribution in [0.3, 0.4) is 0 Å². The molecule has 0 spiro atoms. The average Bonchev–Trinajstić information content (AvgIpc) is 2.92. The Hall–Kier alpha value is -1.72. The van der Waals surface area contributed by atoms with Crippen LogP contribution < -0.4 is 5.32 Å². The molecule has 1 N–H and O–H groups in total. The van der Waals surface area contributed by atoms with Crippen molar-refractivity contribution in [3.8, 4) is 0 Å². The molecule has 0 saturated carbocycles. The molecule has 5 nitrogen and oxygen atoms in total. The van der Waals surface area contributed by atoms with Crippen LogP contribution in [0.5, 0.6) is 0 Å². The molecule has 1 aliphatic heterocycles. The fourth-order valence-corrected chi connectivity index (χ4v) is 3.60. The van der Waals surface area contributed by atoms with Gasteiger partial charge in [0, 0.05) is 44.1 Å². The molecule has 3 rings (SSSR count). The Balaban J connectivity index is 1.37. The number of piperidine rings is 1. The van der Waals surface area contributed by atoms with Gasteiger partial charge in [-0.2, -0.15) is 5.10 Å². The summed E-state index contributed by atoms with van der Waals surface area (Å²) in [7, 11) is 0. The number of nitrogens with one attached hydrogen (secondary N) is 1. The third-order valence-corrected chi connectivity index (χ3v) is 5.04. The molecular formula is C20H31N5. The predicted molar refractivity (Wildman–Crippen MR) is 101 cm³/mol. The zero-order valence-electron chi connectivity index (χ0n) is 15.8. The topological polar surface area (TPSA) is 46.0 Å². The minimum Gasteiger partial charge on any atom is -0.314 e. The summed E-state index contributed by atoms with van der Waals surface area (Å²) in [6.07, 6.45) is 4.33. The summed E-state index contributed by atoms with van der Waals surface area (Å²) in [6.45, 7) is 11.8. The number of aromatic nitrogens is 3. The van der Waals surface area contributed by atoms with Gasteiger partial charge in [-0.25, -0.2) is 0 Å². The van der Waals surface area contributed by atoms with E-state index in [4.69, 9.17) is 0 Å². The molecule has 0 radical (unpaired) electrons. The van der Waals surface area contributed by atoms with Gasteiger partial charge in [0.15, 0.2) is 0 Å². The van der Waals surface area contributed by atoms with Crippen LogP contribution in [0.4, 0.5) is 0 Å². The first-order chi connectivity index (χ1) is 12.1. The van der Waals surface area contributed by atoms with E-state index in [1.165, 1.54) is 24.2 Å². The van der Waals surface area contributed by atoms with Crippen molar-refractivity contribution in [1.29, 1.82) is 0 Å². The Kier molecular flexibility index (Phi) is 6.21. The molecule has 2 aromatic rings. The fraction of sp³-hybridized carbons (Fsp3) is 0.600. The van der Waals surface area contributed by atoms with Gasteiger partial charge in [-0.05, 0) is 57.4 Å². The summed E-state index contributed by atoms with van der Waals surface area (Å²) in [5, 5.41) is 8.34. The molecule has 0 aromatic carbocycles. The maximum Gasteiger partial charge on any atom is 0.0596 e. The highest BCUT2D eigenvalue weighted by molar-refractivity contribution is 5.06. The van der Waals surface area contributed by atoms with Crippen LogP contribution in [0.2, 0.25) is 0 Å². The number of likely N-dealkylation sites (tertiary alicyclic amines) is 1. The van der Waals surface area contributed by atoms with E-state index in [1.807, 2.05) is 12.3 Å². The second kappa shape index (κ2) is 8.59. The van der Waals surface area contributed by atoms with Crippen LogP contribution in [0.15, 0.2) is 30.5 Å². The van der Waals surface area contributed by atoms with Crippen LogP contribution in [0.1, 0.15) is 36.8 Å². The van der Waals surface area contributed by atoms with E-state index in [2.05, 4.69) is 64.0 Å². The number of aryl methyl sites for hydroxylation is 2. The SMILES string of the molecule is Cc1cc(C)n(C[C@H](C)CNC2CCN(Cc3ccccn3)CC2)n1. The summed E-state index contributed by atoms with van der Waals surface area (Å²) in [6, 6.07) is 8.96. The van der Waals surface area contributed by atoms with Gasteiger partial charge in [-0.1, -0.05) is 13.0 Å². The highest BCUT2D eigenvalue weighted by Crippen LogP contribution is 2.14. The summed E-state index contributed by atoms with van der Waals surface area (Å²) >= 11 is 0. The first-order valence-corrected chi connectivity index (χ1v) is 9.47. The van der Waals surface area contributed by atoms with Crippen molar-refractivity contribution >= 4 is 0 Å². The van der Waals surface area contributed by atoms with Gasteiger partial charge in [0.1, 0.15) is 0 Å². The molecule has 0 bridgehead atoms. The molecule has 3 heterocycles. The van der Waals surface area contributed by atoms with Crippen molar-refractivity contribution in [2.24, 2.45) is 5.92 Å². The molecule has 1 atom stereocenters. The number of hydrogen-bond donors (Lipinski definition) is 1. The van der Waals surface area contributed by atoms with E-state index in [9.17, 15) is 0 Å². The van der Waals surface area contributed by atoms with Gasteiger partial charge in [-0.15, -0.1) is 0 Å². The number of pyridine rings is 1. The maximum absolute atomic E-state index is 4.57. The van der Waals surface area contributed by atoms with Crippen LogP contribution in [0, 0.1) is 19.8 Å². The quantitative estimate of drug-likeness (QED) is 0.841. The van der Waals surface area contributed by atoms with Crippen molar-refractivity contribution in [2.75, 3.05) is 19.6 Å². The fourth-order valence-electron chi connectivity index (χ4n) is 3.60. The zero-order chi connectivity index (χ0) is 17.6. The highest BCUT2D eigenvalue weighted by atomic mass is 15.3. The molecule has 0 aliphatic carbocycles. The van der Waals surface area contributed by atoms with Gasteiger partial charge in [0.2, 0.25) is 0 Å². The molecule has 5 heteroatoms. The van der Waals surface area contributed by atoms with Gasteiger partial charge < -0.3 is 5.32 Å². The monoisotopic (exact) mass is 341 g/mol. The lowest BCUT2D eigenvalue weighted by molar-refractivity contribution is 0.185. The standard InChI is InChI=1S/C20H31N5/c1-16(14-25-18(3)12-17(2)23-25)13-22-19-7-10-24(11-8-19)15-20-6-4-5-9-21-20/h4-6,9,12,16,19,22H,7-8,10-11,13-15H2,1-3H3/t16-/m1/s1. The number of nitrogens with zero attached hydrogens (tertiary/aromatic N) is 4. The lowest BCUT2D eigenvalue weighted by Crippen LogP contribution is -2.43. The van der Waals surface area contributed by atoms with E-state index < -0.39 is 0 Å². The zero-order valence-corrected chi connectivity index (χ0v) is 15.8. The van der Waals surface area contributed by atoms with E-state index >= 15 is 0 Å². The van der Waals surface area contributed by atoms with Crippen molar-refractivity contribution in [2.45, 2.75) is 52.7 Å². The van der Waals surface area contributed by atoms with E-state index in [0.29, 0.717) is 12.0 Å². The van der Waals surface area contributed by atoms with Gasteiger partial charge in [0.05, 0.1) is 11.4 Å². The van der Waals surface area contributed by atoms with Crippen molar-refractivity contribution in [3.05, 3.63) is 47.5 Å². The molecule has 1 fully saturated rings. The summed E-state index contributed by atoms with van der Waals surface area (Å²) in [5.41, 5.74) is 3.54. The summed E-state index contributed by atoms with van der Waals surface area (Å²) in [5.74, 6) is 0.588. The Morgan fingerprint density at radius 1 is 1.24 bits per heavy atom. The average molecular weight is 342 g/mol. The Bertz CT molecular complexity index is 643. The largest absolute Gasteiger partial charge is 0.314 e. The van der Waals surface area contributed by atoms with Crippen LogP contribution in [-0.4, -0.2) is 45.3 Å². The molecule has 25 heavy (non-hydrogen) atoms. The smallest absolute Gasteiger partial charge is 0.0596 e. The van der Waals surface area contributed by atoms with Crippen LogP contribution >= 0.6 is 0 Å². The molecule has 0 amide bonds. The predicted octanol–water partition coefficient (Wildman–Crippen LogP) is 2.79.